The van der Waals surface area contributed by atoms with E-state index in [9.17, 15) is 8.42 Å². The van der Waals surface area contributed by atoms with Gasteiger partial charge < -0.3 is 10.1 Å². The standard InChI is InChI=1S/C14H24N2O3S/c1-3-4-10-19-11-9-16-20(17,18)14-7-5-13(6-8-14)12-15-2/h5-8,15-16H,3-4,9-12H2,1-2H3. The first-order chi connectivity index (χ1) is 9.60. The molecule has 0 amide bonds. The van der Waals surface area contributed by atoms with Gasteiger partial charge in [0, 0.05) is 19.7 Å². The van der Waals surface area contributed by atoms with Gasteiger partial charge in [0.25, 0.3) is 0 Å². The van der Waals surface area contributed by atoms with Crippen LogP contribution < -0.4 is 10.0 Å². The third kappa shape index (κ3) is 6.00. The normalized spacial score (nSPS) is 11.7. The lowest BCUT2D eigenvalue weighted by molar-refractivity contribution is 0.136. The molecule has 5 nitrogen and oxygen atoms in total. The summed E-state index contributed by atoms with van der Waals surface area (Å²) in [6.45, 7) is 4.18. The molecule has 0 spiro atoms. The number of unbranched alkanes of at least 4 members (excludes halogenated alkanes) is 1. The maximum Gasteiger partial charge on any atom is 0.240 e. The van der Waals surface area contributed by atoms with Gasteiger partial charge in [0.1, 0.15) is 0 Å². The summed E-state index contributed by atoms with van der Waals surface area (Å²) in [5, 5.41) is 3.02. The fourth-order valence-corrected chi connectivity index (χ4v) is 2.68. The predicted molar refractivity (Wildman–Crippen MR) is 80.1 cm³/mol. The topological polar surface area (TPSA) is 67.4 Å². The zero-order valence-electron chi connectivity index (χ0n) is 12.2. The van der Waals surface area contributed by atoms with Crippen molar-refractivity contribution in [3.05, 3.63) is 29.8 Å². The van der Waals surface area contributed by atoms with Gasteiger partial charge >= 0.3 is 0 Å². The molecule has 0 atom stereocenters. The number of hydrogen-bond donors (Lipinski definition) is 2. The van der Waals surface area contributed by atoms with Crippen LogP contribution in [0.2, 0.25) is 0 Å². The number of sulfonamides is 1. The van der Waals surface area contributed by atoms with Crippen molar-refractivity contribution in [1.82, 2.24) is 10.0 Å². The third-order valence-corrected chi connectivity index (χ3v) is 4.27. The lowest BCUT2D eigenvalue weighted by Crippen LogP contribution is -2.27. The molecule has 1 rings (SSSR count). The van der Waals surface area contributed by atoms with E-state index in [1.165, 1.54) is 0 Å². The van der Waals surface area contributed by atoms with Crippen LogP contribution in [-0.4, -0.2) is 35.2 Å². The number of rotatable bonds is 10. The van der Waals surface area contributed by atoms with Crippen molar-refractivity contribution in [2.75, 3.05) is 26.8 Å². The summed E-state index contributed by atoms with van der Waals surface area (Å²) in [7, 11) is -1.58. The molecular formula is C14H24N2O3S. The van der Waals surface area contributed by atoms with Gasteiger partial charge in [-0.2, -0.15) is 0 Å². The fraction of sp³-hybridized carbons (Fsp3) is 0.571. The second-order valence-electron chi connectivity index (χ2n) is 4.54. The molecule has 0 aliphatic rings. The largest absolute Gasteiger partial charge is 0.380 e. The van der Waals surface area contributed by atoms with Crippen LogP contribution in [0.4, 0.5) is 0 Å². The monoisotopic (exact) mass is 300 g/mol. The molecule has 1 aromatic rings. The highest BCUT2D eigenvalue weighted by molar-refractivity contribution is 7.89. The molecule has 114 valence electrons. The van der Waals surface area contributed by atoms with E-state index in [1.54, 1.807) is 12.1 Å². The van der Waals surface area contributed by atoms with E-state index in [2.05, 4.69) is 17.0 Å². The minimum absolute atomic E-state index is 0.283. The lowest BCUT2D eigenvalue weighted by Gasteiger charge is -2.08. The van der Waals surface area contributed by atoms with Crippen LogP contribution in [0.15, 0.2) is 29.2 Å². The molecular weight excluding hydrogens is 276 g/mol. The Morgan fingerprint density at radius 2 is 1.85 bits per heavy atom. The zero-order valence-corrected chi connectivity index (χ0v) is 13.0. The van der Waals surface area contributed by atoms with Crippen molar-refractivity contribution >= 4 is 10.0 Å². The van der Waals surface area contributed by atoms with E-state index >= 15 is 0 Å². The maximum atomic E-state index is 12.0. The first-order valence-electron chi connectivity index (χ1n) is 6.91. The fourth-order valence-electron chi connectivity index (χ4n) is 1.67. The van der Waals surface area contributed by atoms with Gasteiger partial charge in [0.15, 0.2) is 0 Å². The maximum absolute atomic E-state index is 12.0. The Kier molecular flexibility index (Phi) is 7.76. The number of ether oxygens (including phenoxy) is 1. The average Bonchev–Trinajstić information content (AvgIpc) is 2.44. The Labute approximate surface area is 121 Å². The predicted octanol–water partition coefficient (Wildman–Crippen LogP) is 1.50. The summed E-state index contributed by atoms with van der Waals surface area (Å²) >= 11 is 0. The first-order valence-corrected chi connectivity index (χ1v) is 8.39. The average molecular weight is 300 g/mol. The van der Waals surface area contributed by atoms with Gasteiger partial charge in [-0.05, 0) is 31.2 Å². The molecule has 20 heavy (non-hydrogen) atoms. The highest BCUT2D eigenvalue weighted by Gasteiger charge is 2.12. The number of hydrogen-bond acceptors (Lipinski definition) is 4. The van der Waals surface area contributed by atoms with E-state index < -0.39 is 10.0 Å². The van der Waals surface area contributed by atoms with Crippen LogP contribution in [0.3, 0.4) is 0 Å². The van der Waals surface area contributed by atoms with Crippen LogP contribution in [0.1, 0.15) is 25.3 Å². The highest BCUT2D eigenvalue weighted by atomic mass is 32.2. The first kappa shape index (κ1) is 17.1. The zero-order chi connectivity index (χ0) is 14.8. The molecule has 2 N–H and O–H groups in total. The number of nitrogens with one attached hydrogen (secondary N) is 2. The van der Waals surface area contributed by atoms with Crippen LogP contribution in [0.25, 0.3) is 0 Å². The summed E-state index contributed by atoms with van der Waals surface area (Å²) in [5.41, 5.74) is 1.05. The molecule has 0 saturated heterocycles. The molecule has 6 heteroatoms. The Hall–Kier alpha value is -0.950. The van der Waals surface area contributed by atoms with Crippen LogP contribution >= 0.6 is 0 Å². The van der Waals surface area contributed by atoms with E-state index in [0.29, 0.717) is 19.8 Å². The van der Waals surface area contributed by atoms with Crippen molar-refractivity contribution in [2.24, 2.45) is 0 Å². The molecule has 0 saturated carbocycles. The quantitative estimate of drug-likeness (QED) is 0.643. The van der Waals surface area contributed by atoms with Crippen molar-refractivity contribution in [3.8, 4) is 0 Å². The van der Waals surface area contributed by atoms with Crippen molar-refractivity contribution in [3.63, 3.8) is 0 Å². The minimum atomic E-state index is -3.44. The molecule has 0 aliphatic carbocycles. The van der Waals surface area contributed by atoms with Crippen molar-refractivity contribution in [2.45, 2.75) is 31.2 Å². The second kappa shape index (κ2) is 9.07. The third-order valence-electron chi connectivity index (χ3n) is 2.80. The van der Waals surface area contributed by atoms with Crippen LogP contribution in [0.5, 0.6) is 0 Å². The van der Waals surface area contributed by atoms with Gasteiger partial charge in [-0.25, -0.2) is 13.1 Å². The van der Waals surface area contributed by atoms with Gasteiger partial charge in [0.05, 0.1) is 11.5 Å². The Bertz CT molecular complexity index is 472. The summed E-state index contributed by atoms with van der Waals surface area (Å²) in [5.74, 6) is 0. The van der Waals surface area contributed by atoms with E-state index in [1.807, 2.05) is 19.2 Å². The molecule has 0 fully saturated rings. The molecule has 0 aromatic heterocycles. The molecule has 0 bridgehead atoms. The smallest absolute Gasteiger partial charge is 0.240 e. The van der Waals surface area contributed by atoms with Gasteiger partial charge in [-0.15, -0.1) is 0 Å². The summed E-state index contributed by atoms with van der Waals surface area (Å²) < 4.78 is 31.9. The lowest BCUT2D eigenvalue weighted by atomic mass is 10.2. The van der Waals surface area contributed by atoms with E-state index in [0.717, 1.165) is 24.9 Å². The Morgan fingerprint density at radius 3 is 2.45 bits per heavy atom. The van der Waals surface area contributed by atoms with Gasteiger partial charge in [-0.1, -0.05) is 25.5 Å². The van der Waals surface area contributed by atoms with E-state index in [-0.39, 0.29) is 4.90 Å². The molecule has 0 radical (unpaired) electrons. The number of benzene rings is 1. The van der Waals surface area contributed by atoms with Crippen LogP contribution in [0, 0.1) is 0 Å². The molecule has 0 heterocycles. The summed E-state index contributed by atoms with van der Waals surface area (Å²) in [6, 6.07) is 6.85. The van der Waals surface area contributed by atoms with Crippen LogP contribution in [-0.2, 0) is 21.3 Å². The van der Waals surface area contributed by atoms with Gasteiger partial charge in [-0.3, -0.25) is 0 Å². The van der Waals surface area contributed by atoms with Gasteiger partial charge in [0.2, 0.25) is 10.0 Å². The van der Waals surface area contributed by atoms with E-state index in [4.69, 9.17) is 4.74 Å². The van der Waals surface area contributed by atoms with Crippen molar-refractivity contribution in [1.29, 1.82) is 0 Å². The highest BCUT2D eigenvalue weighted by Crippen LogP contribution is 2.10. The second-order valence-corrected chi connectivity index (χ2v) is 6.30. The Balaban J connectivity index is 2.43. The molecule has 0 aliphatic heterocycles. The molecule has 1 aromatic carbocycles. The Morgan fingerprint density at radius 1 is 1.15 bits per heavy atom. The van der Waals surface area contributed by atoms with Crippen molar-refractivity contribution < 1.29 is 13.2 Å². The molecule has 0 unspecified atom stereocenters. The summed E-state index contributed by atoms with van der Waals surface area (Å²) in [4.78, 5) is 0.283. The minimum Gasteiger partial charge on any atom is -0.380 e. The summed E-state index contributed by atoms with van der Waals surface area (Å²) in [6.07, 6.45) is 2.07. The SMILES string of the molecule is CCCCOCCNS(=O)(=O)c1ccc(CNC)cc1.